The lowest BCUT2D eigenvalue weighted by Gasteiger charge is -2.09. The number of hydrogen-bond acceptors (Lipinski definition) is 6. The summed E-state index contributed by atoms with van der Waals surface area (Å²) < 4.78 is 1.31. The predicted molar refractivity (Wildman–Crippen MR) is 96.5 cm³/mol. The number of nitrogens with zero attached hydrogens (tertiary/aromatic N) is 5. The second-order valence-corrected chi connectivity index (χ2v) is 6.02. The van der Waals surface area contributed by atoms with Gasteiger partial charge in [0, 0.05) is 12.7 Å². The van der Waals surface area contributed by atoms with Crippen LogP contribution in [0.5, 0.6) is 5.88 Å². The van der Waals surface area contributed by atoms with Crippen LogP contribution >= 0.6 is 0 Å². The van der Waals surface area contributed by atoms with Gasteiger partial charge >= 0.3 is 0 Å². The zero-order valence-electron chi connectivity index (χ0n) is 14.3. The van der Waals surface area contributed by atoms with E-state index in [1.807, 2.05) is 44.4 Å². The van der Waals surface area contributed by atoms with Crippen LogP contribution in [0.3, 0.4) is 0 Å². The van der Waals surface area contributed by atoms with Crippen LogP contribution in [0.4, 0.5) is 5.82 Å². The molecule has 0 bridgehead atoms. The van der Waals surface area contributed by atoms with Crippen molar-refractivity contribution in [3.63, 3.8) is 0 Å². The van der Waals surface area contributed by atoms with Gasteiger partial charge in [0.2, 0.25) is 5.88 Å². The standard InChI is InChI=1S/C18H20N6O/c1-23(2)10-6-9-20-16-14(11-19)17-21-12-15(18(25)24(17)22-16)13-7-4-3-5-8-13/h3-5,7-8,12,25H,6,9-10H2,1-2H3,(H,20,22). The molecule has 0 aliphatic rings. The molecule has 0 fully saturated rings. The molecule has 7 nitrogen and oxygen atoms in total. The van der Waals surface area contributed by atoms with E-state index in [4.69, 9.17) is 0 Å². The summed E-state index contributed by atoms with van der Waals surface area (Å²) in [6.45, 7) is 1.62. The summed E-state index contributed by atoms with van der Waals surface area (Å²) >= 11 is 0. The van der Waals surface area contributed by atoms with Crippen LogP contribution in [0.1, 0.15) is 12.0 Å². The molecule has 0 aliphatic heterocycles. The fourth-order valence-electron chi connectivity index (χ4n) is 2.62. The molecule has 2 N–H and O–H groups in total. The third-order valence-electron chi connectivity index (χ3n) is 3.89. The number of hydrogen-bond donors (Lipinski definition) is 2. The first-order chi connectivity index (χ1) is 12.1. The van der Waals surface area contributed by atoms with Gasteiger partial charge in [0.1, 0.15) is 11.6 Å². The molecule has 0 aliphatic carbocycles. The van der Waals surface area contributed by atoms with Crippen molar-refractivity contribution in [2.24, 2.45) is 0 Å². The van der Waals surface area contributed by atoms with Gasteiger partial charge in [0.05, 0.1) is 5.56 Å². The highest BCUT2D eigenvalue weighted by Crippen LogP contribution is 2.30. The average Bonchev–Trinajstić information content (AvgIpc) is 2.98. The highest BCUT2D eigenvalue weighted by atomic mass is 16.3. The SMILES string of the molecule is CN(C)CCCNc1nn2c(O)c(-c3ccccc3)cnc2c1C#N. The Bertz CT molecular complexity index is 911. The molecule has 25 heavy (non-hydrogen) atoms. The first-order valence-corrected chi connectivity index (χ1v) is 8.06. The van der Waals surface area contributed by atoms with Gasteiger partial charge < -0.3 is 15.3 Å². The summed E-state index contributed by atoms with van der Waals surface area (Å²) in [4.78, 5) is 6.43. The molecule has 1 aromatic carbocycles. The molecule has 0 atom stereocenters. The first kappa shape index (κ1) is 16.7. The van der Waals surface area contributed by atoms with Crippen molar-refractivity contribution in [1.29, 1.82) is 5.26 Å². The number of aromatic hydroxyl groups is 1. The van der Waals surface area contributed by atoms with E-state index < -0.39 is 0 Å². The molecular weight excluding hydrogens is 316 g/mol. The first-order valence-electron chi connectivity index (χ1n) is 8.06. The smallest absolute Gasteiger partial charge is 0.223 e. The Balaban J connectivity index is 1.95. The normalized spacial score (nSPS) is 11.0. The number of rotatable bonds is 6. The van der Waals surface area contributed by atoms with E-state index in [1.54, 1.807) is 6.20 Å². The van der Waals surface area contributed by atoms with E-state index in [1.165, 1.54) is 4.52 Å². The molecule has 2 heterocycles. The quantitative estimate of drug-likeness (QED) is 0.672. The van der Waals surface area contributed by atoms with Gasteiger partial charge in [-0.1, -0.05) is 30.3 Å². The molecule has 0 unspecified atom stereocenters. The Morgan fingerprint density at radius 2 is 2.04 bits per heavy atom. The zero-order chi connectivity index (χ0) is 17.8. The van der Waals surface area contributed by atoms with Crippen LogP contribution in [0, 0.1) is 11.3 Å². The fraction of sp³-hybridized carbons (Fsp3) is 0.278. The molecular formula is C18H20N6O. The molecule has 3 aromatic rings. The van der Waals surface area contributed by atoms with E-state index in [2.05, 4.69) is 26.4 Å². The van der Waals surface area contributed by atoms with E-state index in [-0.39, 0.29) is 5.88 Å². The second-order valence-electron chi connectivity index (χ2n) is 6.02. The highest BCUT2D eigenvalue weighted by molar-refractivity contribution is 5.74. The van der Waals surface area contributed by atoms with Gasteiger partial charge in [-0.15, -0.1) is 5.10 Å². The summed E-state index contributed by atoms with van der Waals surface area (Å²) in [7, 11) is 4.03. The van der Waals surface area contributed by atoms with Crippen LogP contribution < -0.4 is 5.32 Å². The van der Waals surface area contributed by atoms with Crippen molar-refractivity contribution >= 4 is 11.5 Å². The molecule has 128 valence electrons. The number of nitrogens with one attached hydrogen (secondary N) is 1. The lowest BCUT2D eigenvalue weighted by Crippen LogP contribution is -2.16. The topological polar surface area (TPSA) is 89.5 Å². The number of nitriles is 1. The zero-order valence-corrected chi connectivity index (χ0v) is 14.3. The summed E-state index contributed by atoms with van der Waals surface area (Å²) in [5.41, 5.74) is 2.08. The van der Waals surface area contributed by atoms with E-state index >= 15 is 0 Å². The number of anilines is 1. The maximum atomic E-state index is 10.6. The van der Waals surface area contributed by atoms with Crippen molar-refractivity contribution in [3.8, 4) is 23.1 Å². The predicted octanol–water partition coefficient (Wildman–Crippen LogP) is 2.34. The van der Waals surface area contributed by atoms with Gasteiger partial charge in [-0.25, -0.2) is 4.98 Å². The lowest BCUT2D eigenvalue weighted by molar-refractivity contribution is 0.405. The van der Waals surface area contributed by atoms with Gasteiger partial charge in [-0.2, -0.15) is 9.78 Å². The van der Waals surface area contributed by atoms with Gasteiger partial charge in [0.15, 0.2) is 11.5 Å². The van der Waals surface area contributed by atoms with Crippen molar-refractivity contribution in [2.45, 2.75) is 6.42 Å². The fourth-order valence-corrected chi connectivity index (χ4v) is 2.62. The minimum atomic E-state index is -0.0333. The van der Waals surface area contributed by atoms with E-state index in [9.17, 15) is 10.4 Å². The van der Waals surface area contributed by atoms with Crippen LogP contribution in [-0.4, -0.2) is 51.8 Å². The Morgan fingerprint density at radius 1 is 1.28 bits per heavy atom. The van der Waals surface area contributed by atoms with Gasteiger partial charge in [-0.3, -0.25) is 0 Å². The van der Waals surface area contributed by atoms with Gasteiger partial charge in [-0.05, 0) is 32.6 Å². The highest BCUT2D eigenvalue weighted by Gasteiger charge is 2.18. The maximum absolute atomic E-state index is 10.6. The molecule has 7 heteroatoms. The van der Waals surface area contributed by atoms with Crippen LogP contribution in [0.2, 0.25) is 0 Å². The van der Waals surface area contributed by atoms with E-state index in [0.29, 0.717) is 29.1 Å². The Hall–Kier alpha value is -3.11. The van der Waals surface area contributed by atoms with Crippen LogP contribution in [-0.2, 0) is 0 Å². The molecule has 0 spiro atoms. The number of benzene rings is 1. The lowest BCUT2D eigenvalue weighted by atomic mass is 10.1. The van der Waals surface area contributed by atoms with Crippen LogP contribution in [0.15, 0.2) is 36.5 Å². The third kappa shape index (κ3) is 3.39. The second kappa shape index (κ2) is 7.20. The molecule has 0 radical (unpaired) electrons. The average molecular weight is 336 g/mol. The summed E-state index contributed by atoms with van der Waals surface area (Å²) in [5.74, 6) is 0.406. The number of fused-ring (bicyclic) bond motifs is 1. The van der Waals surface area contributed by atoms with Crippen molar-refractivity contribution in [2.75, 3.05) is 32.5 Å². The minimum Gasteiger partial charge on any atom is -0.493 e. The Kier molecular flexibility index (Phi) is 4.82. The molecule has 0 saturated carbocycles. The molecule has 2 aromatic heterocycles. The monoisotopic (exact) mass is 336 g/mol. The van der Waals surface area contributed by atoms with Crippen molar-refractivity contribution in [3.05, 3.63) is 42.1 Å². The Labute approximate surface area is 146 Å². The summed E-state index contributed by atoms with van der Waals surface area (Å²) in [6, 6.07) is 11.6. The molecule has 0 saturated heterocycles. The van der Waals surface area contributed by atoms with Gasteiger partial charge in [0.25, 0.3) is 0 Å². The van der Waals surface area contributed by atoms with Crippen molar-refractivity contribution in [1.82, 2.24) is 19.5 Å². The minimum absolute atomic E-state index is 0.0333. The maximum Gasteiger partial charge on any atom is 0.223 e. The number of aromatic nitrogens is 3. The Morgan fingerprint density at radius 3 is 2.72 bits per heavy atom. The largest absolute Gasteiger partial charge is 0.493 e. The van der Waals surface area contributed by atoms with Crippen molar-refractivity contribution < 1.29 is 5.11 Å². The summed E-state index contributed by atoms with van der Waals surface area (Å²) in [6.07, 6.45) is 2.48. The molecule has 0 amide bonds. The summed E-state index contributed by atoms with van der Waals surface area (Å²) in [5, 5.41) is 27.6. The third-order valence-corrected chi connectivity index (χ3v) is 3.89. The molecule has 3 rings (SSSR count). The van der Waals surface area contributed by atoms with Crippen LogP contribution in [0.25, 0.3) is 16.8 Å². The van der Waals surface area contributed by atoms with E-state index in [0.717, 1.165) is 18.5 Å².